The summed E-state index contributed by atoms with van der Waals surface area (Å²) in [5, 5.41) is 4.14. The quantitative estimate of drug-likeness (QED) is 0.713. The van der Waals surface area contributed by atoms with Gasteiger partial charge in [-0.25, -0.2) is 0 Å². The first-order valence-electron chi connectivity index (χ1n) is 8.79. The van der Waals surface area contributed by atoms with Crippen molar-refractivity contribution < 1.29 is 9.32 Å². The Hall–Kier alpha value is -2.95. The zero-order valence-corrected chi connectivity index (χ0v) is 15.2. The molecule has 0 aliphatic carbocycles. The minimum Gasteiger partial charge on any atom is -0.334 e. The van der Waals surface area contributed by atoms with Gasteiger partial charge in [-0.2, -0.15) is 4.98 Å². The van der Waals surface area contributed by atoms with Crippen molar-refractivity contribution in [3.05, 3.63) is 65.0 Å². The Morgan fingerprint density at radius 2 is 1.81 bits per heavy atom. The molecule has 5 heteroatoms. The van der Waals surface area contributed by atoms with Crippen LogP contribution in [0.5, 0.6) is 0 Å². The number of anilines is 1. The predicted molar refractivity (Wildman–Crippen MR) is 100 cm³/mol. The highest BCUT2D eigenvalue weighted by molar-refractivity contribution is 5.96. The van der Waals surface area contributed by atoms with Crippen molar-refractivity contribution in [1.82, 2.24) is 10.1 Å². The molecule has 0 spiro atoms. The summed E-state index contributed by atoms with van der Waals surface area (Å²) in [5.74, 6) is 1.15. The van der Waals surface area contributed by atoms with E-state index >= 15 is 0 Å². The van der Waals surface area contributed by atoms with Crippen molar-refractivity contribution in [1.29, 1.82) is 0 Å². The van der Waals surface area contributed by atoms with Crippen molar-refractivity contribution in [3.8, 4) is 11.5 Å². The van der Waals surface area contributed by atoms with Gasteiger partial charge in [-0.05, 0) is 56.2 Å². The molecule has 2 aromatic carbocycles. The van der Waals surface area contributed by atoms with Crippen LogP contribution in [-0.2, 0) is 4.79 Å². The van der Waals surface area contributed by atoms with E-state index in [0.29, 0.717) is 24.7 Å². The van der Waals surface area contributed by atoms with Crippen LogP contribution >= 0.6 is 0 Å². The Morgan fingerprint density at radius 1 is 1.04 bits per heavy atom. The van der Waals surface area contributed by atoms with Gasteiger partial charge in [0.1, 0.15) is 0 Å². The molecular weight excluding hydrogens is 326 g/mol. The highest BCUT2D eigenvalue weighted by atomic mass is 16.5. The van der Waals surface area contributed by atoms with E-state index in [2.05, 4.69) is 24.0 Å². The first-order chi connectivity index (χ1) is 12.5. The number of amides is 1. The number of hydrogen-bond acceptors (Lipinski definition) is 4. The topological polar surface area (TPSA) is 59.2 Å². The lowest BCUT2D eigenvalue weighted by Gasteiger charge is -2.16. The van der Waals surface area contributed by atoms with Gasteiger partial charge in [-0.3, -0.25) is 4.79 Å². The van der Waals surface area contributed by atoms with Crippen LogP contribution in [0.2, 0.25) is 0 Å². The second kappa shape index (κ2) is 6.41. The minimum atomic E-state index is -0.0483. The van der Waals surface area contributed by atoms with Gasteiger partial charge in [0.15, 0.2) is 5.82 Å². The maximum Gasteiger partial charge on any atom is 0.257 e. The average molecular weight is 347 g/mol. The number of carbonyl (C=O) groups is 1. The third kappa shape index (κ3) is 3.01. The number of aromatic nitrogens is 2. The maximum absolute atomic E-state index is 12.4. The zero-order chi connectivity index (χ0) is 18.3. The molecule has 0 bridgehead atoms. The van der Waals surface area contributed by atoms with Gasteiger partial charge in [0.25, 0.3) is 5.89 Å². The molecule has 0 saturated carbocycles. The monoisotopic (exact) mass is 347 g/mol. The van der Waals surface area contributed by atoms with Gasteiger partial charge in [-0.15, -0.1) is 0 Å². The van der Waals surface area contributed by atoms with Crippen molar-refractivity contribution in [3.63, 3.8) is 0 Å². The lowest BCUT2D eigenvalue weighted by atomic mass is 10.1. The summed E-state index contributed by atoms with van der Waals surface area (Å²) in [7, 11) is 0. The highest BCUT2D eigenvalue weighted by Gasteiger charge is 2.34. The minimum absolute atomic E-state index is 0.0483. The van der Waals surface area contributed by atoms with E-state index in [1.54, 1.807) is 4.90 Å². The molecule has 0 N–H and O–H groups in total. The third-order valence-corrected chi connectivity index (χ3v) is 5.03. The van der Waals surface area contributed by atoms with Gasteiger partial charge >= 0.3 is 0 Å². The van der Waals surface area contributed by atoms with Crippen LogP contribution in [0.25, 0.3) is 11.5 Å². The SMILES string of the molecule is Cc1ccc(N2C[C@@H](c3noc(-c4ccc(C)c(C)c4)n3)CC2=O)cc1. The van der Waals surface area contributed by atoms with Crippen molar-refractivity contribution in [2.45, 2.75) is 33.1 Å². The fourth-order valence-corrected chi connectivity index (χ4v) is 3.25. The second-order valence-corrected chi connectivity index (χ2v) is 7.00. The van der Waals surface area contributed by atoms with Gasteiger partial charge in [-0.1, -0.05) is 28.9 Å². The molecule has 1 fully saturated rings. The van der Waals surface area contributed by atoms with Crippen LogP contribution in [0.1, 0.15) is 34.9 Å². The Balaban J connectivity index is 1.55. The van der Waals surface area contributed by atoms with E-state index in [1.165, 1.54) is 16.7 Å². The molecule has 4 rings (SSSR count). The number of rotatable bonds is 3. The van der Waals surface area contributed by atoms with E-state index < -0.39 is 0 Å². The Kier molecular flexibility index (Phi) is 4.07. The summed E-state index contributed by atoms with van der Waals surface area (Å²) >= 11 is 0. The van der Waals surface area contributed by atoms with Gasteiger partial charge < -0.3 is 9.42 Å². The molecule has 5 nitrogen and oxygen atoms in total. The molecule has 0 radical (unpaired) electrons. The summed E-state index contributed by atoms with van der Waals surface area (Å²) in [6, 6.07) is 14.1. The van der Waals surface area contributed by atoms with Gasteiger partial charge in [0, 0.05) is 30.1 Å². The highest BCUT2D eigenvalue weighted by Crippen LogP contribution is 2.31. The number of nitrogens with zero attached hydrogens (tertiary/aromatic N) is 3. The Bertz CT molecular complexity index is 960. The molecule has 1 aromatic heterocycles. The molecular formula is C21H21N3O2. The molecule has 1 aliphatic rings. The average Bonchev–Trinajstić information content (AvgIpc) is 3.25. The first-order valence-corrected chi connectivity index (χ1v) is 8.79. The van der Waals surface area contributed by atoms with Gasteiger partial charge in [0.05, 0.1) is 0 Å². The molecule has 3 aromatic rings. The van der Waals surface area contributed by atoms with Crippen molar-refractivity contribution in [2.24, 2.45) is 0 Å². The standard InChI is InChI=1S/C21H21N3O2/c1-13-4-8-18(9-5-13)24-12-17(11-19(24)25)20-22-21(26-23-20)16-7-6-14(2)15(3)10-16/h4-10,17H,11-12H2,1-3H3/t17-/m0/s1. The third-order valence-electron chi connectivity index (χ3n) is 5.03. The maximum atomic E-state index is 12.4. The van der Waals surface area contributed by atoms with Crippen LogP contribution in [0.4, 0.5) is 5.69 Å². The first kappa shape index (κ1) is 16.5. The normalized spacial score (nSPS) is 17.1. The fraction of sp³-hybridized carbons (Fsp3) is 0.286. The smallest absolute Gasteiger partial charge is 0.257 e. The van der Waals surface area contributed by atoms with Crippen molar-refractivity contribution >= 4 is 11.6 Å². The predicted octanol–water partition coefficient (Wildman–Crippen LogP) is 4.18. The Morgan fingerprint density at radius 3 is 2.54 bits per heavy atom. The Labute approximate surface area is 152 Å². The molecule has 26 heavy (non-hydrogen) atoms. The zero-order valence-electron chi connectivity index (χ0n) is 15.2. The fourth-order valence-electron chi connectivity index (χ4n) is 3.25. The van der Waals surface area contributed by atoms with E-state index in [1.807, 2.05) is 49.4 Å². The van der Waals surface area contributed by atoms with Crippen LogP contribution < -0.4 is 4.90 Å². The number of hydrogen-bond donors (Lipinski definition) is 0. The van der Waals surface area contributed by atoms with E-state index in [-0.39, 0.29) is 11.8 Å². The van der Waals surface area contributed by atoms with Gasteiger partial charge in [0.2, 0.25) is 5.91 Å². The lowest BCUT2D eigenvalue weighted by molar-refractivity contribution is -0.117. The summed E-state index contributed by atoms with van der Waals surface area (Å²) in [5.41, 5.74) is 5.41. The summed E-state index contributed by atoms with van der Waals surface area (Å²) < 4.78 is 5.46. The van der Waals surface area contributed by atoms with Crippen LogP contribution in [0, 0.1) is 20.8 Å². The summed E-state index contributed by atoms with van der Waals surface area (Å²) in [6.45, 7) is 6.74. The van der Waals surface area contributed by atoms with Crippen LogP contribution in [-0.4, -0.2) is 22.6 Å². The van der Waals surface area contributed by atoms with Crippen molar-refractivity contribution in [2.75, 3.05) is 11.4 Å². The molecule has 1 atom stereocenters. The van der Waals surface area contributed by atoms with E-state index in [9.17, 15) is 4.79 Å². The second-order valence-electron chi connectivity index (χ2n) is 7.00. The molecule has 1 aliphatic heterocycles. The number of benzene rings is 2. The van der Waals surface area contributed by atoms with Crippen LogP contribution in [0.15, 0.2) is 47.0 Å². The van der Waals surface area contributed by atoms with E-state index in [0.717, 1.165) is 11.3 Å². The molecule has 132 valence electrons. The largest absolute Gasteiger partial charge is 0.334 e. The molecule has 0 unspecified atom stereocenters. The lowest BCUT2D eigenvalue weighted by Crippen LogP contribution is -2.24. The molecule has 1 saturated heterocycles. The summed E-state index contributed by atoms with van der Waals surface area (Å²) in [4.78, 5) is 18.8. The van der Waals surface area contributed by atoms with E-state index in [4.69, 9.17) is 4.52 Å². The molecule has 2 heterocycles. The number of aryl methyl sites for hydroxylation is 3. The number of carbonyl (C=O) groups excluding carboxylic acids is 1. The van der Waals surface area contributed by atoms with Crippen LogP contribution in [0.3, 0.4) is 0 Å². The summed E-state index contributed by atoms with van der Waals surface area (Å²) in [6.07, 6.45) is 0.403. The molecule has 1 amide bonds.